The zero-order valence-electron chi connectivity index (χ0n) is 32.4. The molecule has 0 aromatic carbocycles. The van der Waals surface area contributed by atoms with E-state index in [0.29, 0.717) is 36.2 Å². The van der Waals surface area contributed by atoms with E-state index in [1.807, 2.05) is 12.2 Å². The highest BCUT2D eigenvalue weighted by molar-refractivity contribution is 5.82. The van der Waals surface area contributed by atoms with Gasteiger partial charge in [-0.25, -0.2) is 19.2 Å². The summed E-state index contributed by atoms with van der Waals surface area (Å²) in [5.41, 5.74) is -1.56. The summed E-state index contributed by atoms with van der Waals surface area (Å²) in [4.78, 5) is 46.3. The van der Waals surface area contributed by atoms with Crippen LogP contribution in [0.4, 0.5) is 9.59 Å². The molecule has 0 radical (unpaired) electrons. The van der Waals surface area contributed by atoms with Crippen LogP contribution in [-0.4, -0.2) is 48.7 Å². The van der Waals surface area contributed by atoms with Crippen molar-refractivity contribution < 1.29 is 47.6 Å². The van der Waals surface area contributed by atoms with Gasteiger partial charge in [-0.1, -0.05) is 62.1 Å². The van der Waals surface area contributed by atoms with Gasteiger partial charge in [-0.2, -0.15) is 0 Å². The van der Waals surface area contributed by atoms with Gasteiger partial charge in [0.05, 0.1) is 13.2 Å². The lowest BCUT2D eigenvalue weighted by molar-refractivity contribution is -0.138. The molecule has 1 saturated carbocycles. The molecular formula is C43H62O10. The Morgan fingerprint density at radius 1 is 0.585 bits per heavy atom. The third kappa shape index (κ3) is 18.0. The second kappa shape index (κ2) is 23.6. The Morgan fingerprint density at radius 3 is 1.32 bits per heavy atom. The minimum Gasteiger partial charge on any atom is -0.462 e. The fraction of sp³-hybridized carbons (Fsp3) is 0.628. The predicted molar refractivity (Wildman–Crippen MR) is 203 cm³/mol. The van der Waals surface area contributed by atoms with E-state index in [0.717, 1.165) is 51.4 Å². The van der Waals surface area contributed by atoms with Crippen LogP contribution in [-0.2, 0) is 38.0 Å². The van der Waals surface area contributed by atoms with Crippen molar-refractivity contribution in [2.24, 2.45) is 11.8 Å². The Balaban J connectivity index is 1.08. The maximum atomic E-state index is 11.9. The average Bonchev–Trinajstić information content (AvgIpc) is 3.74. The first kappa shape index (κ1) is 43.3. The van der Waals surface area contributed by atoms with Gasteiger partial charge >= 0.3 is 24.2 Å². The normalized spacial score (nSPS) is 22.3. The first-order valence-electron chi connectivity index (χ1n) is 19.7. The number of carbonyl (C=O) groups excluding carboxylic acids is 4. The van der Waals surface area contributed by atoms with Gasteiger partial charge in [0.15, 0.2) is 22.7 Å². The van der Waals surface area contributed by atoms with Gasteiger partial charge in [-0.15, -0.1) is 0 Å². The summed E-state index contributed by atoms with van der Waals surface area (Å²) in [5, 5.41) is 0. The van der Waals surface area contributed by atoms with Gasteiger partial charge < -0.3 is 28.4 Å². The lowest BCUT2D eigenvalue weighted by Gasteiger charge is -2.13. The molecule has 2 heterocycles. The van der Waals surface area contributed by atoms with E-state index < -0.39 is 23.5 Å². The third-order valence-electron chi connectivity index (χ3n) is 9.46. The molecule has 3 fully saturated rings. The zero-order chi connectivity index (χ0) is 38.4. The molecule has 10 nitrogen and oxygen atoms in total. The molecule has 0 aromatic rings. The number of esters is 2. The van der Waals surface area contributed by atoms with Crippen LogP contribution in [0.1, 0.15) is 137 Å². The van der Waals surface area contributed by atoms with Gasteiger partial charge in [-0.3, -0.25) is 0 Å². The van der Waals surface area contributed by atoms with E-state index in [9.17, 15) is 19.2 Å². The Morgan fingerprint density at radius 2 is 0.962 bits per heavy atom. The number of carbonyl (C=O) groups is 4. The summed E-state index contributed by atoms with van der Waals surface area (Å²) < 4.78 is 30.6. The lowest BCUT2D eigenvalue weighted by Crippen LogP contribution is -2.20. The molecule has 0 aromatic heterocycles. The van der Waals surface area contributed by atoms with E-state index in [1.165, 1.54) is 57.1 Å². The maximum Gasteiger partial charge on any atom is 0.514 e. The number of ether oxygens (including phenoxy) is 6. The summed E-state index contributed by atoms with van der Waals surface area (Å²) in [6.45, 7) is 7.45. The minimum atomic E-state index is -0.782. The van der Waals surface area contributed by atoms with Crippen LogP contribution in [0.25, 0.3) is 0 Å². The van der Waals surface area contributed by atoms with Crippen molar-refractivity contribution in [2.45, 2.75) is 148 Å². The third-order valence-corrected chi connectivity index (χ3v) is 9.46. The van der Waals surface area contributed by atoms with E-state index in [4.69, 9.17) is 28.4 Å². The SMILES string of the molecule is CC1(C)OC(=O)O/C1=C/CCOC(=O)/C=C/CCCCCC/C=C/C1CCC(/C=C/CCCCCC/C=C/C(=O)OCC/C=C2/OC(=O)OC2(C)C)C1. The molecule has 294 valence electrons. The molecule has 3 rings (SSSR count). The van der Waals surface area contributed by atoms with Gasteiger partial charge in [-0.05, 0) is 122 Å². The van der Waals surface area contributed by atoms with E-state index >= 15 is 0 Å². The number of hydrogen-bond acceptors (Lipinski definition) is 10. The van der Waals surface area contributed by atoms with Crippen molar-refractivity contribution in [3.05, 3.63) is 72.3 Å². The molecule has 2 unspecified atom stereocenters. The Bertz CT molecular complexity index is 1260. The van der Waals surface area contributed by atoms with Gasteiger partial charge in [0.25, 0.3) is 0 Å². The van der Waals surface area contributed by atoms with Crippen molar-refractivity contribution >= 4 is 24.2 Å². The minimum absolute atomic E-state index is 0.221. The summed E-state index contributed by atoms with van der Waals surface area (Å²) in [5.74, 6) is 1.60. The Hall–Kier alpha value is -4.08. The summed E-state index contributed by atoms with van der Waals surface area (Å²) in [6, 6.07) is 0. The molecule has 0 bridgehead atoms. The summed E-state index contributed by atoms with van der Waals surface area (Å²) in [6.07, 6.45) is 36.4. The summed E-state index contributed by atoms with van der Waals surface area (Å²) in [7, 11) is 0. The van der Waals surface area contributed by atoms with E-state index in [2.05, 4.69) is 24.3 Å². The second-order valence-corrected chi connectivity index (χ2v) is 15.0. The predicted octanol–water partition coefficient (Wildman–Crippen LogP) is 10.8. The highest BCUT2D eigenvalue weighted by atomic mass is 16.8. The molecule has 1 aliphatic carbocycles. The van der Waals surface area contributed by atoms with Crippen molar-refractivity contribution in [1.29, 1.82) is 0 Å². The molecule has 53 heavy (non-hydrogen) atoms. The van der Waals surface area contributed by atoms with Crippen molar-refractivity contribution in [3.63, 3.8) is 0 Å². The molecule has 0 N–H and O–H groups in total. The maximum absolute atomic E-state index is 11.9. The van der Waals surface area contributed by atoms with Crippen LogP contribution in [0.5, 0.6) is 0 Å². The van der Waals surface area contributed by atoms with E-state index in [1.54, 1.807) is 39.8 Å². The second-order valence-electron chi connectivity index (χ2n) is 15.0. The van der Waals surface area contributed by atoms with Crippen LogP contribution >= 0.6 is 0 Å². The molecule has 3 aliphatic rings. The molecule has 0 amide bonds. The smallest absolute Gasteiger partial charge is 0.462 e. The van der Waals surface area contributed by atoms with Crippen LogP contribution in [0.2, 0.25) is 0 Å². The highest BCUT2D eigenvalue weighted by Crippen LogP contribution is 2.33. The van der Waals surface area contributed by atoms with Gasteiger partial charge in [0.2, 0.25) is 0 Å². The molecule has 10 heteroatoms. The van der Waals surface area contributed by atoms with Gasteiger partial charge in [0.1, 0.15) is 0 Å². The highest BCUT2D eigenvalue weighted by Gasteiger charge is 2.39. The zero-order valence-corrected chi connectivity index (χ0v) is 32.4. The molecule has 2 aliphatic heterocycles. The fourth-order valence-electron chi connectivity index (χ4n) is 6.45. The van der Waals surface area contributed by atoms with Crippen molar-refractivity contribution in [3.8, 4) is 0 Å². The van der Waals surface area contributed by atoms with Crippen LogP contribution in [0, 0.1) is 11.8 Å². The number of unbranched alkanes of at least 4 members (excludes halogenated alkanes) is 10. The molecule has 0 spiro atoms. The largest absolute Gasteiger partial charge is 0.514 e. The van der Waals surface area contributed by atoms with Crippen molar-refractivity contribution in [2.75, 3.05) is 13.2 Å². The summed E-state index contributed by atoms with van der Waals surface area (Å²) >= 11 is 0. The lowest BCUT2D eigenvalue weighted by atomic mass is 10.0. The van der Waals surface area contributed by atoms with Gasteiger partial charge in [0, 0.05) is 25.0 Å². The number of hydrogen-bond donors (Lipinski definition) is 0. The van der Waals surface area contributed by atoms with Crippen molar-refractivity contribution in [1.82, 2.24) is 0 Å². The van der Waals surface area contributed by atoms with Crippen LogP contribution in [0.15, 0.2) is 72.3 Å². The molecule has 2 atom stereocenters. The standard InChI is InChI=1S/C43H62O10/c1-42(2)36(50-40(46)52-42)25-21-31-48-38(44)27-19-15-11-7-5-9-13-17-23-34-29-30-35(33-34)24-18-14-10-6-8-12-16-20-28-39(45)49-32-22-26-37-43(3,4)53-41(47)51-37/h17-20,23-28,34-35H,5-16,21-22,29-33H2,1-4H3/b23-17+,24-18+,27-19+,28-20+,36-25+,37-26+. The first-order chi connectivity index (χ1) is 25.4. The molecule has 2 saturated heterocycles. The van der Waals surface area contributed by atoms with Crippen LogP contribution < -0.4 is 0 Å². The Labute approximate surface area is 316 Å². The Kier molecular flexibility index (Phi) is 19.3. The number of rotatable bonds is 24. The van der Waals surface area contributed by atoms with E-state index in [-0.39, 0.29) is 25.2 Å². The first-order valence-corrected chi connectivity index (χ1v) is 19.7. The average molecular weight is 739 g/mol. The topological polar surface area (TPSA) is 124 Å². The number of cyclic esters (lactones) is 4. The van der Waals surface area contributed by atoms with Crippen LogP contribution in [0.3, 0.4) is 0 Å². The molecular weight excluding hydrogens is 676 g/mol. The number of allylic oxidation sites excluding steroid dienone is 6. The quantitative estimate of drug-likeness (QED) is 0.0311. The fourth-order valence-corrected chi connectivity index (χ4v) is 6.45. The monoisotopic (exact) mass is 738 g/mol.